The Bertz CT molecular complexity index is 1540. The number of ether oxygens (including phenoxy) is 1. The van der Waals surface area contributed by atoms with Gasteiger partial charge in [0.05, 0.1) is 23.1 Å². The Kier molecular flexibility index (Phi) is 8.52. The van der Waals surface area contributed by atoms with E-state index in [2.05, 4.69) is 28.2 Å². The third kappa shape index (κ3) is 6.21. The zero-order valence-corrected chi connectivity index (χ0v) is 23.7. The fourth-order valence-corrected chi connectivity index (χ4v) is 5.53. The number of aromatic carboxylic acids is 1. The van der Waals surface area contributed by atoms with E-state index in [1.807, 2.05) is 37.3 Å². The monoisotopic (exact) mass is 558 g/mol. The highest BCUT2D eigenvalue weighted by atomic mass is 32.1. The maximum atomic E-state index is 11.6. The zero-order chi connectivity index (χ0) is 28.2. The molecular weight excluding hydrogens is 524 g/mol. The van der Waals surface area contributed by atoms with Crippen molar-refractivity contribution in [3.63, 3.8) is 0 Å². The van der Waals surface area contributed by atoms with Gasteiger partial charge in [0.2, 0.25) is 5.88 Å². The Morgan fingerprint density at radius 2 is 1.82 bits per heavy atom. The lowest BCUT2D eigenvalue weighted by molar-refractivity contribution is 0.0696. The second-order valence-electron chi connectivity index (χ2n) is 10.3. The van der Waals surface area contributed by atoms with Gasteiger partial charge >= 0.3 is 5.97 Å². The number of Topliss-reactive ketones (excluding diaryl/α,β-unsaturated/α-hetero) is 1. The highest BCUT2D eigenvalue weighted by Gasteiger charge is 2.24. The number of carbonyl (C=O) groups excluding carboxylic acids is 1. The van der Waals surface area contributed by atoms with E-state index in [9.17, 15) is 14.7 Å². The minimum atomic E-state index is -0.939. The molecule has 0 bridgehead atoms. The van der Waals surface area contributed by atoms with E-state index in [0.717, 1.165) is 59.6 Å². The number of imidazole rings is 1. The van der Waals surface area contributed by atoms with Crippen LogP contribution in [0.4, 0.5) is 0 Å². The number of aromatic nitrogens is 3. The Labute approximate surface area is 239 Å². The van der Waals surface area contributed by atoms with Crippen LogP contribution in [0, 0.1) is 6.92 Å². The molecule has 0 amide bonds. The number of piperidine rings is 1. The first-order chi connectivity index (χ1) is 19.3. The number of thiol groups is 1. The lowest BCUT2D eigenvalue weighted by Crippen LogP contribution is -2.33. The van der Waals surface area contributed by atoms with Crippen LogP contribution in [0.5, 0.6) is 5.88 Å². The van der Waals surface area contributed by atoms with Crippen molar-refractivity contribution >= 4 is 35.4 Å². The average molecular weight is 559 g/mol. The maximum absolute atomic E-state index is 11.6. The molecule has 1 fully saturated rings. The smallest absolute Gasteiger partial charge is 0.335 e. The summed E-state index contributed by atoms with van der Waals surface area (Å²) in [6, 6.07) is 16.7. The van der Waals surface area contributed by atoms with Gasteiger partial charge in [-0.3, -0.25) is 9.69 Å². The van der Waals surface area contributed by atoms with Crippen LogP contribution in [-0.2, 0) is 19.7 Å². The molecule has 0 atom stereocenters. The molecule has 1 aliphatic heterocycles. The molecule has 1 N–H and O–H groups in total. The molecule has 3 heterocycles. The highest BCUT2D eigenvalue weighted by molar-refractivity contribution is 7.80. The molecule has 1 saturated heterocycles. The predicted octanol–water partition coefficient (Wildman–Crippen LogP) is 5.53. The SMILES string of the molecule is CC(=O)c1ccc(COc2cccc(C3CCN(Cc4nc5ccc(C(=O)O)cc5n4CCS)CC3)n2)c(C)c1. The molecule has 0 saturated carbocycles. The average Bonchev–Trinajstić information content (AvgIpc) is 3.29. The number of nitrogens with zero attached hydrogens (tertiary/aromatic N) is 4. The molecule has 2 aromatic carbocycles. The minimum absolute atomic E-state index is 0.0571. The topological polar surface area (TPSA) is 97.5 Å². The van der Waals surface area contributed by atoms with Gasteiger partial charge in [-0.15, -0.1) is 0 Å². The van der Waals surface area contributed by atoms with Crippen LogP contribution in [0.2, 0.25) is 0 Å². The van der Waals surface area contributed by atoms with Crippen LogP contribution in [0.15, 0.2) is 54.6 Å². The molecule has 2 aromatic heterocycles. The number of likely N-dealkylation sites (tertiary alicyclic amines) is 1. The number of ketones is 1. The van der Waals surface area contributed by atoms with Crippen LogP contribution >= 0.6 is 12.6 Å². The summed E-state index contributed by atoms with van der Waals surface area (Å²) >= 11 is 4.42. The minimum Gasteiger partial charge on any atom is -0.478 e. The molecule has 0 radical (unpaired) electrons. The van der Waals surface area contributed by atoms with Gasteiger partial charge in [-0.2, -0.15) is 12.6 Å². The summed E-state index contributed by atoms with van der Waals surface area (Å²) in [5.41, 5.74) is 5.73. The van der Waals surface area contributed by atoms with Gasteiger partial charge in [0.25, 0.3) is 0 Å². The Balaban J connectivity index is 1.21. The Morgan fingerprint density at radius 3 is 2.52 bits per heavy atom. The summed E-state index contributed by atoms with van der Waals surface area (Å²) in [7, 11) is 0. The molecule has 8 nitrogen and oxygen atoms in total. The highest BCUT2D eigenvalue weighted by Crippen LogP contribution is 2.29. The molecule has 1 aliphatic rings. The third-order valence-electron chi connectivity index (χ3n) is 7.64. The van der Waals surface area contributed by atoms with Gasteiger partial charge in [-0.05, 0) is 81.2 Å². The van der Waals surface area contributed by atoms with Gasteiger partial charge < -0.3 is 14.4 Å². The van der Waals surface area contributed by atoms with Crippen LogP contribution in [0.1, 0.15) is 69.0 Å². The van der Waals surface area contributed by atoms with E-state index in [0.29, 0.717) is 42.8 Å². The van der Waals surface area contributed by atoms with Crippen molar-refractivity contribution in [2.75, 3.05) is 18.8 Å². The van der Waals surface area contributed by atoms with Gasteiger partial charge in [0, 0.05) is 35.5 Å². The molecule has 208 valence electrons. The zero-order valence-electron chi connectivity index (χ0n) is 22.8. The van der Waals surface area contributed by atoms with Crippen LogP contribution in [-0.4, -0.2) is 55.1 Å². The molecule has 40 heavy (non-hydrogen) atoms. The fraction of sp³-hybridized carbons (Fsp3) is 0.355. The fourth-order valence-electron chi connectivity index (χ4n) is 5.33. The van der Waals surface area contributed by atoms with Crippen molar-refractivity contribution in [2.45, 2.75) is 52.3 Å². The molecule has 0 aliphatic carbocycles. The van der Waals surface area contributed by atoms with Gasteiger partial charge in [-0.25, -0.2) is 14.8 Å². The lowest BCUT2D eigenvalue weighted by Gasteiger charge is -2.31. The number of carbonyl (C=O) groups is 2. The summed E-state index contributed by atoms with van der Waals surface area (Å²) in [5.74, 6) is 1.66. The number of hydrogen-bond acceptors (Lipinski definition) is 7. The van der Waals surface area contributed by atoms with Crippen LogP contribution in [0.3, 0.4) is 0 Å². The molecule has 4 aromatic rings. The van der Waals surface area contributed by atoms with E-state index < -0.39 is 5.97 Å². The van der Waals surface area contributed by atoms with Crippen molar-refractivity contribution in [3.05, 3.63) is 88.4 Å². The first-order valence-corrected chi connectivity index (χ1v) is 14.2. The maximum Gasteiger partial charge on any atom is 0.335 e. The second kappa shape index (κ2) is 12.2. The van der Waals surface area contributed by atoms with E-state index in [-0.39, 0.29) is 11.3 Å². The first kappa shape index (κ1) is 27.9. The molecule has 5 rings (SSSR count). The Hall–Kier alpha value is -3.69. The number of pyridine rings is 1. The quantitative estimate of drug-likeness (QED) is 0.195. The largest absolute Gasteiger partial charge is 0.478 e. The number of fused-ring (bicyclic) bond motifs is 1. The van der Waals surface area contributed by atoms with Crippen molar-refractivity contribution < 1.29 is 19.4 Å². The van der Waals surface area contributed by atoms with Gasteiger partial charge in [0.15, 0.2) is 5.78 Å². The van der Waals surface area contributed by atoms with E-state index in [4.69, 9.17) is 14.7 Å². The van der Waals surface area contributed by atoms with Crippen molar-refractivity contribution in [1.29, 1.82) is 0 Å². The first-order valence-electron chi connectivity index (χ1n) is 13.6. The van der Waals surface area contributed by atoms with E-state index >= 15 is 0 Å². The van der Waals surface area contributed by atoms with Gasteiger partial charge in [-0.1, -0.05) is 18.2 Å². The summed E-state index contributed by atoms with van der Waals surface area (Å²) in [6.45, 7) is 7.18. The van der Waals surface area contributed by atoms with Crippen LogP contribution < -0.4 is 4.74 Å². The molecular formula is C31H34N4O4S. The van der Waals surface area contributed by atoms with Crippen molar-refractivity contribution in [2.24, 2.45) is 0 Å². The number of rotatable bonds is 10. The van der Waals surface area contributed by atoms with E-state index in [1.54, 1.807) is 25.1 Å². The molecule has 9 heteroatoms. The Morgan fingerprint density at radius 1 is 1.05 bits per heavy atom. The summed E-state index contributed by atoms with van der Waals surface area (Å²) in [6.07, 6.45) is 1.97. The summed E-state index contributed by atoms with van der Waals surface area (Å²) in [5, 5.41) is 9.41. The molecule has 0 spiro atoms. The predicted molar refractivity (Wildman–Crippen MR) is 158 cm³/mol. The third-order valence-corrected chi connectivity index (χ3v) is 7.84. The van der Waals surface area contributed by atoms with Crippen molar-refractivity contribution in [3.8, 4) is 5.88 Å². The number of benzene rings is 2. The normalized spacial score (nSPS) is 14.5. The lowest BCUT2D eigenvalue weighted by atomic mass is 9.93. The second-order valence-corrected chi connectivity index (χ2v) is 10.8. The van der Waals surface area contributed by atoms with Crippen molar-refractivity contribution in [1.82, 2.24) is 19.4 Å². The summed E-state index contributed by atoms with van der Waals surface area (Å²) in [4.78, 5) is 35.2. The number of carboxylic acids is 1. The number of aryl methyl sites for hydroxylation is 2. The number of hydrogen-bond donors (Lipinski definition) is 2. The standard InChI is InChI=1S/C31H34N4O4S/c1-20-16-23(21(2)36)6-7-25(20)19-39-30-5-3-4-26(33-30)22-10-12-34(13-11-22)18-29-32-27-9-8-24(31(37)38)17-28(27)35(29)14-15-40/h3-9,16-17,22,40H,10-15,18-19H2,1-2H3,(H,37,38). The van der Waals surface area contributed by atoms with Crippen LogP contribution in [0.25, 0.3) is 11.0 Å². The molecule has 0 unspecified atom stereocenters. The van der Waals surface area contributed by atoms with E-state index in [1.165, 1.54) is 0 Å². The van der Waals surface area contributed by atoms with Gasteiger partial charge in [0.1, 0.15) is 12.4 Å². The number of carboxylic acid groups (broad SMARTS) is 1. The summed E-state index contributed by atoms with van der Waals surface area (Å²) < 4.78 is 8.13.